The number of aromatic amines is 1. The molecule has 0 aliphatic carbocycles. The largest absolute Gasteiger partial charge is 0.395 e. The number of amides is 1. The fourth-order valence-corrected chi connectivity index (χ4v) is 2.86. The highest BCUT2D eigenvalue weighted by molar-refractivity contribution is 7.10. The Morgan fingerprint density at radius 2 is 2.15 bits per heavy atom. The molecule has 2 heterocycles. The second kappa shape index (κ2) is 5.66. The van der Waals surface area contributed by atoms with Gasteiger partial charge >= 0.3 is 0 Å². The van der Waals surface area contributed by atoms with Crippen LogP contribution in [0.4, 0.5) is 5.69 Å². The number of nitrogen functional groups attached to an aromatic ring is 1. The van der Waals surface area contributed by atoms with Crippen LogP contribution in [0.2, 0.25) is 0 Å². The van der Waals surface area contributed by atoms with Gasteiger partial charge in [0.05, 0.1) is 17.4 Å². The number of nitrogens with zero attached hydrogens (tertiary/aromatic N) is 2. The molecule has 0 bridgehead atoms. The van der Waals surface area contributed by atoms with Gasteiger partial charge in [-0.25, -0.2) is 0 Å². The summed E-state index contributed by atoms with van der Waals surface area (Å²) in [5.74, 6) is 0.0515. The summed E-state index contributed by atoms with van der Waals surface area (Å²) >= 11 is 1.63. The van der Waals surface area contributed by atoms with E-state index in [2.05, 4.69) is 10.2 Å². The molecule has 1 atom stereocenters. The molecule has 5 nitrogen and oxygen atoms in total. The monoisotopic (exact) mass is 292 g/mol. The van der Waals surface area contributed by atoms with Crippen LogP contribution in [-0.4, -0.2) is 28.1 Å². The zero-order chi connectivity index (χ0) is 14.9. The highest BCUT2D eigenvalue weighted by Crippen LogP contribution is 2.27. The Bertz CT molecular complexity index is 588. The lowest BCUT2D eigenvalue weighted by Crippen LogP contribution is -2.30. The van der Waals surface area contributed by atoms with Gasteiger partial charge in [-0.1, -0.05) is 19.9 Å². The Balaban J connectivity index is 2.23. The third-order valence-electron chi connectivity index (χ3n) is 3.47. The summed E-state index contributed by atoms with van der Waals surface area (Å²) < 4.78 is 0. The standard InChI is InChI=1S/C14H20N4OS/c1-8(2)12-11(15)13(17-16-12)14(19)18(4)9(3)10-6-5-7-20-10/h5-9H,15H2,1-4H3,(H,16,17). The molecule has 0 aromatic carbocycles. The maximum atomic E-state index is 12.5. The lowest BCUT2D eigenvalue weighted by Gasteiger charge is -2.23. The number of aromatic nitrogens is 2. The first-order valence-corrected chi connectivity index (χ1v) is 7.45. The third-order valence-corrected chi connectivity index (χ3v) is 4.51. The van der Waals surface area contributed by atoms with E-state index in [0.29, 0.717) is 11.4 Å². The molecule has 0 saturated heterocycles. The van der Waals surface area contributed by atoms with Gasteiger partial charge in [-0.15, -0.1) is 11.3 Å². The zero-order valence-corrected chi connectivity index (χ0v) is 13.0. The second-order valence-electron chi connectivity index (χ2n) is 5.16. The average molecular weight is 292 g/mol. The van der Waals surface area contributed by atoms with Crippen LogP contribution >= 0.6 is 11.3 Å². The van der Waals surface area contributed by atoms with Crippen molar-refractivity contribution >= 4 is 22.9 Å². The summed E-state index contributed by atoms with van der Waals surface area (Å²) in [6.45, 7) is 6.02. The smallest absolute Gasteiger partial charge is 0.276 e. The molecular formula is C14H20N4OS. The molecule has 2 rings (SSSR count). The molecule has 2 aromatic heterocycles. The molecule has 0 fully saturated rings. The number of hydrogen-bond acceptors (Lipinski definition) is 4. The molecule has 6 heteroatoms. The van der Waals surface area contributed by atoms with E-state index < -0.39 is 0 Å². The fraction of sp³-hybridized carbons (Fsp3) is 0.429. The molecule has 1 unspecified atom stereocenters. The number of carbonyl (C=O) groups is 1. The molecule has 0 aliphatic rings. The molecular weight excluding hydrogens is 272 g/mol. The minimum absolute atomic E-state index is 0.00102. The molecule has 2 aromatic rings. The summed E-state index contributed by atoms with van der Waals surface area (Å²) in [4.78, 5) is 15.3. The van der Waals surface area contributed by atoms with Crippen LogP contribution in [0.25, 0.3) is 0 Å². The molecule has 0 aliphatic heterocycles. The van der Waals surface area contributed by atoms with Crippen molar-refractivity contribution in [1.82, 2.24) is 15.1 Å². The van der Waals surface area contributed by atoms with Gasteiger partial charge in [-0.05, 0) is 24.3 Å². The van der Waals surface area contributed by atoms with Crippen LogP contribution < -0.4 is 5.73 Å². The quantitative estimate of drug-likeness (QED) is 0.909. The minimum atomic E-state index is -0.161. The maximum Gasteiger partial charge on any atom is 0.276 e. The van der Waals surface area contributed by atoms with E-state index in [-0.39, 0.29) is 17.9 Å². The number of H-pyrrole nitrogens is 1. The maximum absolute atomic E-state index is 12.5. The molecule has 0 radical (unpaired) electrons. The van der Waals surface area contributed by atoms with Crippen molar-refractivity contribution < 1.29 is 4.79 Å². The number of anilines is 1. The van der Waals surface area contributed by atoms with Crippen LogP contribution in [0.3, 0.4) is 0 Å². The Labute approximate surface area is 122 Å². The van der Waals surface area contributed by atoms with E-state index >= 15 is 0 Å². The number of carbonyl (C=O) groups excluding carboxylic acids is 1. The van der Waals surface area contributed by atoms with Gasteiger partial charge in [-0.2, -0.15) is 5.10 Å². The van der Waals surface area contributed by atoms with Crippen LogP contribution in [0, 0.1) is 0 Å². The predicted octanol–water partition coefficient (Wildman–Crippen LogP) is 3.01. The number of hydrogen-bond donors (Lipinski definition) is 2. The van der Waals surface area contributed by atoms with E-state index in [1.165, 1.54) is 0 Å². The lowest BCUT2D eigenvalue weighted by atomic mass is 10.1. The van der Waals surface area contributed by atoms with Crippen molar-refractivity contribution in [2.75, 3.05) is 12.8 Å². The summed E-state index contributed by atoms with van der Waals surface area (Å²) in [7, 11) is 1.77. The zero-order valence-electron chi connectivity index (χ0n) is 12.2. The van der Waals surface area contributed by atoms with Gasteiger partial charge in [0.15, 0.2) is 5.69 Å². The van der Waals surface area contributed by atoms with Crippen LogP contribution in [0.1, 0.15) is 53.8 Å². The van der Waals surface area contributed by atoms with Crippen LogP contribution in [0.5, 0.6) is 0 Å². The number of nitrogens with two attached hydrogens (primary N) is 1. The molecule has 1 amide bonds. The minimum Gasteiger partial charge on any atom is -0.395 e. The van der Waals surface area contributed by atoms with Crippen molar-refractivity contribution in [3.05, 3.63) is 33.8 Å². The van der Waals surface area contributed by atoms with Crippen molar-refractivity contribution in [2.24, 2.45) is 0 Å². The number of thiophene rings is 1. The molecule has 3 N–H and O–H groups in total. The molecule has 108 valence electrons. The summed E-state index contributed by atoms with van der Waals surface area (Å²) in [5, 5.41) is 8.95. The van der Waals surface area contributed by atoms with E-state index in [0.717, 1.165) is 10.6 Å². The van der Waals surface area contributed by atoms with Crippen molar-refractivity contribution in [3.8, 4) is 0 Å². The normalized spacial score (nSPS) is 12.7. The summed E-state index contributed by atoms with van der Waals surface area (Å²) in [6, 6.07) is 4.00. The Morgan fingerprint density at radius 3 is 2.65 bits per heavy atom. The van der Waals surface area contributed by atoms with Gasteiger partial charge in [0.25, 0.3) is 5.91 Å². The molecule has 20 heavy (non-hydrogen) atoms. The van der Waals surface area contributed by atoms with E-state index in [4.69, 9.17) is 5.73 Å². The first-order chi connectivity index (χ1) is 9.43. The van der Waals surface area contributed by atoms with E-state index in [9.17, 15) is 4.79 Å². The van der Waals surface area contributed by atoms with Gasteiger partial charge in [-0.3, -0.25) is 9.89 Å². The highest BCUT2D eigenvalue weighted by atomic mass is 32.1. The second-order valence-corrected chi connectivity index (χ2v) is 6.14. The Kier molecular flexibility index (Phi) is 4.13. The van der Waals surface area contributed by atoms with Gasteiger partial charge in [0.2, 0.25) is 0 Å². The van der Waals surface area contributed by atoms with Gasteiger partial charge in [0.1, 0.15) is 0 Å². The summed E-state index contributed by atoms with van der Waals surface area (Å²) in [6.07, 6.45) is 0. The van der Waals surface area contributed by atoms with Crippen LogP contribution in [0.15, 0.2) is 17.5 Å². The van der Waals surface area contributed by atoms with E-state index in [1.54, 1.807) is 23.3 Å². The number of rotatable bonds is 4. The first-order valence-electron chi connectivity index (χ1n) is 6.57. The Hall–Kier alpha value is -1.82. The third kappa shape index (κ3) is 2.56. The van der Waals surface area contributed by atoms with Crippen LogP contribution in [-0.2, 0) is 0 Å². The van der Waals surface area contributed by atoms with E-state index in [1.807, 2.05) is 38.3 Å². The van der Waals surface area contributed by atoms with Crippen molar-refractivity contribution in [3.63, 3.8) is 0 Å². The average Bonchev–Trinajstić information content (AvgIpc) is 3.05. The Morgan fingerprint density at radius 1 is 1.45 bits per heavy atom. The molecule has 0 saturated carbocycles. The topological polar surface area (TPSA) is 75.0 Å². The fourth-order valence-electron chi connectivity index (χ4n) is 2.03. The van der Waals surface area contributed by atoms with Gasteiger partial charge in [0, 0.05) is 11.9 Å². The van der Waals surface area contributed by atoms with Gasteiger partial charge < -0.3 is 10.6 Å². The summed E-state index contributed by atoms with van der Waals surface area (Å²) in [5.41, 5.74) is 7.59. The molecule has 0 spiro atoms. The predicted molar refractivity (Wildman–Crippen MR) is 81.9 cm³/mol. The highest BCUT2D eigenvalue weighted by Gasteiger charge is 2.25. The van der Waals surface area contributed by atoms with Crippen molar-refractivity contribution in [1.29, 1.82) is 0 Å². The number of nitrogens with one attached hydrogen (secondary N) is 1. The van der Waals surface area contributed by atoms with Crippen molar-refractivity contribution in [2.45, 2.75) is 32.7 Å². The SMILES string of the molecule is CC(C)c1[nH]nc(C(=O)N(C)C(C)c2cccs2)c1N. The lowest BCUT2D eigenvalue weighted by molar-refractivity contribution is 0.0740. The first kappa shape index (κ1) is 14.6.